The van der Waals surface area contributed by atoms with Crippen LogP contribution in [0, 0.1) is 0 Å². The highest BCUT2D eigenvalue weighted by Crippen LogP contribution is 2.32. The molecule has 30 heavy (non-hydrogen) atoms. The average molecular weight is 419 g/mol. The molecule has 0 atom stereocenters. The molecule has 4 rings (SSSR count). The van der Waals surface area contributed by atoms with Crippen molar-refractivity contribution in [1.82, 2.24) is 14.5 Å². The van der Waals surface area contributed by atoms with Crippen LogP contribution in [0.3, 0.4) is 0 Å². The largest absolute Gasteiger partial charge is 0.495 e. The van der Waals surface area contributed by atoms with E-state index in [-0.39, 0.29) is 5.56 Å². The lowest BCUT2D eigenvalue weighted by molar-refractivity contribution is 0.417. The first-order valence-corrected chi connectivity index (χ1v) is 9.60. The zero-order chi connectivity index (χ0) is 21.3. The molecule has 0 spiro atoms. The van der Waals surface area contributed by atoms with Gasteiger partial charge < -0.3 is 10.1 Å². The van der Waals surface area contributed by atoms with E-state index in [0.29, 0.717) is 44.4 Å². The molecule has 2 aromatic carbocycles. The number of nitrogens with zero attached hydrogens (tertiary/aromatic N) is 3. The Labute approximate surface area is 178 Å². The molecule has 0 amide bonds. The summed E-state index contributed by atoms with van der Waals surface area (Å²) in [6.45, 7) is 3.90. The second-order valence-electron chi connectivity index (χ2n) is 6.59. The van der Waals surface area contributed by atoms with Crippen LogP contribution in [0.2, 0.25) is 5.02 Å². The van der Waals surface area contributed by atoms with E-state index in [0.717, 1.165) is 5.69 Å². The normalized spacial score (nSPS) is 10.8. The molecule has 7 heteroatoms. The Balaban J connectivity index is 1.92. The maximum atomic E-state index is 13.2. The van der Waals surface area contributed by atoms with Crippen molar-refractivity contribution in [3.63, 3.8) is 0 Å². The van der Waals surface area contributed by atoms with Crippen LogP contribution in [0.1, 0.15) is 5.56 Å². The molecule has 0 aliphatic rings. The van der Waals surface area contributed by atoms with Gasteiger partial charge in [0.2, 0.25) is 5.95 Å². The van der Waals surface area contributed by atoms with E-state index in [1.54, 1.807) is 32.5 Å². The fourth-order valence-electron chi connectivity index (χ4n) is 3.40. The van der Waals surface area contributed by atoms with Gasteiger partial charge in [0.25, 0.3) is 5.56 Å². The van der Waals surface area contributed by atoms with Crippen LogP contribution in [0.5, 0.6) is 5.75 Å². The second kappa shape index (κ2) is 8.00. The summed E-state index contributed by atoms with van der Waals surface area (Å²) in [5.41, 5.74) is 2.75. The third-order valence-corrected chi connectivity index (χ3v) is 5.19. The maximum Gasteiger partial charge on any atom is 0.260 e. The van der Waals surface area contributed by atoms with Gasteiger partial charge in [-0.2, -0.15) is 4.98 Å². The van der Waals surface area contributed by atoms with Crippen molar-refractivity contribution in [2.75, 3.05) is 12.4 Å². The van der Waals surface area contributed by atoms with Crippen LogP contribution in [-0.4, -0.2) is 21.6 Å². The molecule has 4 aromatic rings. The molecule has 6 nitrogen and oxygen atoms in total. The third-order valence-electron chi connectivity index (χ3n) is 4.87. The minimum atomic E-state index is -0.215. The zero-order valence-corrected chi connectivity index (χ0v) is 17.3. The predicted molar refractivity (Wildman–Crippen MR) is 122 cm³/mol. The van der Waals surface area contributed by atoms with Crippen LogP contribution in [0.25, 0.3) is 28.2 Å². The molecule has 0 aliphatic carbocycles. The fourth-order valence-corrected chi connectivity index (χ4v) is 3.63. The van der Waals surface area contributed by atoms with Crippen LogP contribution < -0.4 is 15.6 Å². The summed E-state index contributed by atoms with van der Waals surface area (Å²) in [6, 6.07) is 14.7. The lowest BCUT2D eigenvalue weighted by Crippen LogP contribution is -2.22. The van der Waals surface area contributed by atoms with Gasteiger partial charge in [-0.25, -0.2) is 4.98 Å². The van der Waals surface area contributed by atoms with Crippen LogP contribution >= 0.6 is 11.6 Å². The second-order valence-corrected chi connectivity index (χ2v) is 7.00. The van der Waals surface area contributed by atoms with Gasteiger partial charge in [-0.15, -0.1) is 0 Å². The highest BCUT2D eigenvalue weighted by Gasteiger charge is 2.18. The highest BCUT2D eigenvalue weighted by molar-refractivity contribution is 6.33. The smallest absolute Gasteiger partial charge is 0.260 e. The molecule has 0 fully saturated rings. The number of methoxy groups -OCH3 is 1. The zero-order valence-electron chi connectivity index (χ0n) is 16.5. The van der Waals surface area contributed by atoms with E-state index in [2.05, 4.69) is 21.9 Å². The van der Waals surface area contributed by atoms with E-state index in [1.807, 2.05) is 42.5 Å². The number of ether oxygens (including phenoxy) is 1. The number of pyridine rings is 1. The molecule has 2 aromatic heterocycles. The number of fused-ring (bicyclic) bond motifs is 1. The summed E-state index contributed by atoms with van der Waals surface area (Å²) in [5, 5.41) is 4.34. The maximum absolute atomic E-state index is 13.2. The Kier molecular flexibility index (Phi) is 5.25. The van der Waals surface area contributed by atoms with Gasteiger partial charge in [-0.1, -0.05) is 54.6 Å². The molecule has 0 bridgehead atoms. The molecular formula is C23H19ClN4O2. The number of nitrogens with one attached hydrogen (secondary N) is 1. The number of para-hydroxylation sites is 2. The SMILES string of the molecule is C=Cc1c(-c2ccccc2Cl)c(=O)n(C)c2nc(Nc3ccccc3OC)ncc12. The van der Waals surface area contributed by atoms with Crippen molar-refractivity contribution < 1.29 is 4.74 Å². The molecule has 0 radical (unpaired) electrons. The number of benzene rings is 2. The summed E-state index contributed by atoms with van der Waals surface area (Å²) in [7, 11) is 3.27. The molecule has 1 N–H and O–H groups in total. The van der Waals surface area contributed by atoms with Crippen molar-refractivity contribution >= 4 is 40.3 Å². The number of aryl methyl sites for hydroxylation is 1. The number of rotatable bonds is 5. The minimum Gasteiger partial charge on any atom is -0.495 e. The van der Waals surface area contributed by atoms with Gasteiger partial charge in [0.15, 0.2) is 0 Å². The van der Waals surface area contributed by atoms with E-state index in [4.69, 9.17) is 16.3 Å². The monoisotopic (exact) mass is 418 g/mol. The summed E-state index contributed by atoms with van der Waals surface area (Å²) < 4.78 is 6.86. The van der Waals surface area contributed by atoms with E-state index in [1.165, 1.54) is 4.57 Å². The predicted octanol–water partition coefficient (Wildman–Crippen LogP) is 5.04. The first-order chi connectivity index (χ1) is 14.5. The summed E-state index contributed by atoms with van der Waals surface area (Å²) in [4.78, 5) is 22.3. The van der Waals surface area contributed by atoms with E-state index < -0.39 is 0 Å². The molecule has 0 saturated carbocycles. The van der Waals surface area contributed by atoms with Gasteiger partial charge in [-0.3, -0.25) is 9.36 Å². The topological polar surface area (TPSA) is 69.0 Å². The number of hydrogen-bond donors (Lipinski definition) is 1. The Morgan fingerprint density at radius 3 is 2.63 bits per heavy atom. The Morgan fingerprint density at radius 1 is 1.17 bits per heavy atom. The van der Waals surface area contributed by atoms with Crippen molar-refractivity contribution in [3.8, 4) is 16.9 Å². The third kappa shape index (κ3) is 3.31. The number of hydrogen-bond acceptors (Lipinski definition) is 5. The van der Waals surface area contributed by atoms with Crippen molar-refractivity contribution in [2.24, 2.45) is 7.05 Å². The molecule has 150 valence electrons. The molecule has 0 aliphatic heterocycles. The number of anilines is 2. The fraction of sp³-hybridized carbons (Fsp3) is 0.0870. The highest BCUT2D eigenvalue weighted by atomic mass is 35.5. The van der Waals surface area contributed by atoms with Crippen molar-refractivity contribution in [1.29, 1.82) is 0 Å². The minimum absolute atomic E-state index is 0.215. The summed E-state index contributed by atoms with van der Waals surface area (Å²) >= 11 is 6.37. The van der Waals surface area contributed by atoms with Gasteiger partial charge in [0, 0.05) is 29.2 Å². The number of halogens is 1. The lowest BCUT2D eigenvalue weighted by Gasteiger charge is -2.15. The Bertz CT molecular complexity index is 1330. The Morgan fingerprint density at radius 2 is 1.90 bits per heavy atom. The molecular weight excluding hydrogens is 400 g/mol. The van der Waals surface area contributed by atoms with Gasteiger partial charge in [0.05, 0.1) is 18.4 Å². The first kappa shape index (κ1) is 19.7. The first-order valence-electron chi connectivity index (χ1n) is 9.22. The van der Waals surface area contributed by atoms with Crippen molar-refractivity contribution in [2.45, 2.75) is 0 Å². The van der Waals surface area contributed by atoms with Crippen molar-refractivity contribution in [3.05, 3.63) is 82.2 Å². The summed E-state index contributed by atoms with van der Waals surface area (Å²) in [5.74, 6) is 1.01. The summed E-state index contributed by atoms with van der Waals surface area (Å²) in [6.07, 6.45) is 3.32. The van der Waals surface area contributed by atoms with Crippen LogP contribution in [0.4, 0.5) is 11.6 Å². The van der Waals surface area contributed by atoms with Gasteiger partial charge >= 0.3 is 0 Å². The molecule has 2 heterocycles. The Hall–Kier alpha value is -3.64. The van der Waals surface area contributed by atoms with Crippen LogP contribution in [0.15, 0.2) is 66.1 Å². The van der Waals surface area contributed by atoms with Gasteiger partial charge in [-0.05, 0) is 23.8 Å². The van der Waals surface area contributed by atoms with E-state index >= 15 is 0 Å². The standard InChI is InChI=1S/C23H19ClN4O2/c1-4-14-16-13-25-23(26-18-11-7-8-12-19(18)30-3)27-21(16)28(2)22(29)20(14)15-9-5-6-10-17(15)24/h4-13H,1H2,2-3H3,(H,25,26,27). The quantitative estimate of drug-likeness (QED) is 0.491. The molecule has 0 saturated heterocycles. The molecule has 0 unspecified atom stereocenters. The number of aromatic nitrogens is 3. The average Bonchev–Trinajstić information content (AvgIpc) is 2.77. The van der Waals surface area contributed by atoms with E-state index in [9.17, 15) is 4.79 Å². The van der Waals surface area contributed by atoms with Gasteiger partial charge in [0.1, 0.15) is 11.4 Å². The van der Waals surface area contributed by atoms with Crippen LogP contribution in [-0.2, 0) is 7.05 Å². The lowest BCUT2D eigenvalue weighted by atomic mass is 9.99.